The fraction of sp³-hybridized carbons (Fsp3) is 0.0870. The molecular weight excluding hydrogens is 425 g/mol. The summed E-state index contributed by atoms with van der Waals surface area (Å²) in [6.07, 6.45) is 2.90. The first-order chi connectivity index (χ1) is 16.0. The van der Waals surface area contributed by atoms with Crippen LogP contribution in [0, 0.1) is 5.82 Å². The maximum Gasteiger partial charge on any atom is 0.267 e. The topological polar surface area (TPSA) is 125 Å². The number of fused-ring (bicyclic) bond motifs is 1. The van der Waals surface area contributed by atoms with Crippen LogP contribution in [0.25, 0.3) is 22.3 Å². The standard InChI is InChI=1S/C23H18FN7O2/c24-17-7-16(8-18(32)9-17)21-20-22(25)26-13-27-23(20)31(29-21)12-15-6-19(33)30(28-10-15)11-14-4-2-1-3-5-14/h1-10,13,32H,11-12H2,(H2,25,26,27). The molecule has 0 aliphatic heterocycles. The van der Waals surface area contributed by atoms with Crippen LogP contribution in [0.2, 0.25) is 0 Å². The average Bonchev–Trinajstić information content (AvgIpc) is 3.15. The fourth-order valence-electron chi connectivity index (χ4n) is 3.66. The molecule has 0 aliphatic rings. The van der Waals surface area contributed by atoms with Crippen molar-refractivity contribution in [1.82, 2.24) is 29.5 Å². The zero-order valence-electron chi connectivity index (χ0n) is 17.3. The second-order valence-corrected chi connectivity index (χ2v) is 7.51. The van der Waals surface area contributed by atoms with Crippen LogP contribution < -0.4 is 11.3 Å². The molecule has 3 N–H and O–H groups in total. The summed E-state index contributed by atoms with van der Waals surface area (Å²) in [7, 11) is 0. The minimum absolute atomic E-state index is 0.168. The van der Waals surface area contributed by atoms with Gasteiger partial charge in [-0.3, -0.25) is 4.79 Å². The number of nitrogens with zero attached hydrogens (tertiary/aromatic N) is 6. The molecule has 0 radical (unpaired) electrons. The van der Waals surface area contributed by atoms with E-state index in [-0.39, 0.29) is 23.7 Å². The Morgan fingerprint density at radius 3 is 2.52 bits per heavy atom. The Morgan fingerprint density at radius 1 is 0.970 bits per heavy atom. The van der Waals surface area contributed by atoms with Gasteiger partial charge in [0, 0.05) is 17.7 Å². The molecule has 5 rings (SSSR count). The predicted molar refractivity (Wildman–Crippen MR) is 120 cm³/mol. The van der Waals surface area contributed by atoms with Gasteiger partial charge < -0.3 is 10.8 Å². The van der Waals surface area contributed by atoms with Crippen LogP contribution in [0.15, 0.2) is 71.9 Å². The third-order valence-corrected chi connectivity index (χ3v) is 5.15. The number of hydrogen-bond acceptors (Lipinski definition) is 7. The number of halogens is 1. The summed E-state index contributed by atoms with van der Waals surface area (Å²) in [5.74, 6) is -0.690. The number of phenolic OH excluding ortho intramolecular Hbond substituents is 1. The van der Waals surface area contributed by atoms with Crippen molar-refractivity contribution in [3.63, 3.8) is 0 Å². The normalized spacial score (nSPS) is 11.2. The number of benzene rings is 2. The van der Waals surface area contributed by atoms with E-state index in [1.54, 1.807) is 10.9 Å². The lowest BCUT2D eigenvalue weighted by atomic mass is 10.1. The smallest absolute Gasteiger partial charge is 0.267 e. The Bertz CT molecular complexity index is 1510. The van der Waals surface area contributed by atoms with Crippen molar-refractivity contribution in [3.05, 3.63) is 94.4 Å². The Kier molecular flexibility index (Phi) is 5.02. The SMILES string of the molecule is Nc1ncnc2c1c(-c1cc(O)cc(F)c1)nn2Cc1cnn(Cc2ccccc2)c(=O)c1. The van der Waals surface area contributed by atoms with Crippen LogP contribution in [0.1, 0.15) is 11.1 Å². The van der Waals surface area contributed by atoms with Gasteiger partial charge in [-0.05, 0) is 23.3 Å². The molecule has 0 saturated heterocycles. The lowest BCUT2D eigenvalue weighted by molar-refractivity contribution is 0.469. The van der Waals surface area contributed by atoms with E-state index in [1.165, 1.54) is 29.2 Å². The minimum Gasteiger partial charge on any atom is -0.508 e. The highest BCUT2D eigenvalue weighted by Gasteiger charge is 2.18. The van der Waals surface area contributed by atoms with Crippen molar-refractivity contribution in [2.45, 2.75) is 13.1 Å². The molecule has 0 atom stereocenters. The van der Waals surface area contributed by atoms with Crippen LogP contribution in [-0.4, -0.2) is 34.6 Å². The summed E-state index contributed by atoms with van der Waals surface area (Å²) in [6.45, 7) is 0.546. The van der Waals surface area contributed by atoms with Gasteiger partial charge in [0.1, 0.15) is 29.4 Å². The van der Waals surface area contributed by atoms with Gasteiger partial charge in [0.2, 0.25) is 0 Å². The van der Waals surface area contributed by atoms with Gasteiger partial charge in [0.15, 0.2) is 5.65 Å². The molecule has 164 valence electrons. The summed E-state index contributed by atoms with van der Waals surface area (Å²) in [5.41, 5.74) is 8.45. The van der Waals surface area contributed by atoms with Crippen LogP contribution >= 0.6 is 0 Å². The third kappa shape index (κ3) is 4.01. The first-order valence-electron chi connectivity index (χ1n) is 10.0. The Balaban J connectivity index is 1.53. The Labute approximate surface area is 186 Å². The van der Waals surface area contributed by atoms with E-state index in [9.17, 15) is 14.3 Å². The molecule has 3 heterocycles. The second-order valence-electron chi connectivity index (χ2n) is 7.51. The molecule has 0 fully saturated rings. The zero-order chi connectivity index (χ0) is 22.9. The molecule has 0 saturated carbocycles. The Hall–Kier alpha value is -4.60. The van der Waals surface area contributed by atoms with Gasteiger partial charge in [0.05, 0.1) is 24.7 Å². The van der Waals surface area contributed by atoms with Gasteiger partial charge in [-0.15, -0.1) is 0 Å². The van der Waals surface area contributed by atoms with Crippen molar-refractivity contribution in [3.8, 4) is 17.0 Å². The van der Waals surface area contributed by atoms with E-state index in [0.29, 0.717) is 34.4 Å². The number of anilines is 1. The van der Waals surface area contributed by atoms with Crippen molar-refractivity contribution in [1.29, 1.82) is 0 Å². The quantitative estimate of drug-likeness (QED) is 0.428. The third-order valence-electron chi connectivity index (χ3n) is 5.15. The highest BCUT2D eigenvalue weighted by Crippen LogP contribution is 2.32. The summed E-state index contributed by atoms with van der Waals surface area (Å²) < 4.78 is 16.8. The lowest BCUT2D eigenvalue weighted by Gasteiger charge is -2.07. The maximum absolute atomic E-state index is 13.9. The molecule has 10 heteroatoms. The molecule has 33 heavy (non-hydrogen) atoms. The van der Waals surface area contributed by atoms with E-state index in [2.05, 4.69) is 20.2 Å². The first-order valence-corrected chi connectivity index (χ1v) is 10.0. The Morgan fingerprint density at radius 2 is 1.76 bits per heavy atom. The van der Waals surface area contributed by atoms with E-state index in [0.717, 1.165) is 11.6 Å². The molecule has 0 spiro atoms. The molecule has 0 aliphatic carbocycles. The summed E-state index contributed by atoms with van der Waals surface area (Å²) in [4.78, 5) is 20.9. The van der Waals surface area contributed by atoms with Crippen LogP contribution in [-0.2, 0) is 13.1 Å². The molecule has 0 unspecified atom stereocenters. The lowest BCUT2D eigenvalue weighted by Crippen LogP contribution is -2.23. The molecule has 9 nitrogen and oxygen atoms in total. The van der Waals surface area contributed by atoms with E-state index < -0.39 is 5.82 Å². The maximum atomic E-state index is 13.9. The molecule has 2 aromatic carbocycles. The number of rotatable bonds is 5. The molecular formula is C23H18FN7O2. The zero-order valence-corrected chi connectivity index (χ0v) is 17.3. The van der Waals surface area contributed by atoms with Gasteiger partial charge >= 0.3 is 0 Å². The largest absolute Gasteiger partial charge is 0.508 e. The van der Waals surface area contributed by atoms with Crippen LogP contribution in [0.5, 0.6) is 5.75 Å². The van der Waals surface area contributed by atoms with Gasteiger partial charge in [-0.25, -0.2) is 23.7 Å². The molecule has 3 aromatic heterocycles. The molecule has 5 aromatic rings. The molecule has 0 amide bonds. The predicted octanol–water partition coefficient (Wildman–Crippen LogP) is 2.57. The highest BCUT2D eigenvalue weighted by molar-refractivity contribution is 5.98. The van der Waals surface area contributed by atoms with Crippen LogP contribution in [0.4, 0.5) is 10.2 Å². The number of aromatic hydroxyl groups is 1. The first kappa shape index (κ1) is 20.3. The van der Waals surface area contributed by atoms with E-state index >= 15 is 0 Å². The summed E-state index contributed by atoms with van der Waals surface area (Å²) >= 11 is 0. The number of phenols is 1. The van der Waals surface area contributed by atoms with Crippen molar-refractivity contribution in [2.75, 3.05) is 5.73 Å². The van der Waals surface area contributed by atoms with Gasteiger partial charge in [-0.1, -0.05) is 30.3 Å². The minimum atomic E-state index is -0.616. The molecule has 0 bridgehead atoms. The number of hydrogen-bond donors (Lipinski definition) is 2. The van der Waals surface area contributed by atoms with E-state index in [1.807, 2.05) is 30.3 Å². The monoisotopic (exact) mass is 443 g/mol. The second kappa shape index (κ2) is 8.15. The van der Waals surface area contributed by atoms with Crippen molar-refractivity contribution in [2.24, 2.45) is 0 Å². The van der Waals surface area contributed by atoms with Crippen molar-refractivity contribution < 1.29 is 9.50 Å². The van der Waals surface area contributed by atoms with Crippen LogP contribution in [0.3, 0.4) is 0 Å². The fourth-order valence-corrected chi connectivity index (χ4v) is 3.66. The van der Waals surface area contributed by atoms with Crippen molar-refractivity contribution >= 4 is 16.9 Å². The average molecular weight is 443 g/mol. The van der Waals surface area contributed by atoms with E-state index in [4.69, 9.17) is 5.73 Å². The summed E-state index contributed by atoms with van der Waals surface area (Å²) in [6, 6.07) is 14.7. The number of nitrogens with two attached hydrogens (primary N) is 1. The van der Waals surface area contributed by atoms with Gasteiger partial charge in [0.25, 0.3) is 5.56 Å². The summed E-state index contributed by atoms with van der Waals surface area (Å²) in [5, 5.41) is 19.1. The number of aromatic nitrogens is 6. The highest BCUT2D eigenvalue weighted by atomic mass is 19.1. The van der Waals surface area contributed by atoms with Gasteiger partial charge in [-0.2, -0.15) is 10.2 Å². The number of nitrogen functional groups attached to an aromatic ring is 1.